The lowest BCUT2D eigenvalue weighted by Gasteiger charge is -2.39. The van der Waals surface area contributed by atoms with Crippen LogP contribution in [-0.2, 0) is 7.05 Å². The minimum absolute atomic E-state index is 0.122. The Bertz CT molecular complexity index is 678. The maximum Gasteiger partial charge on any atom is 0.274 e. The molecule has 0 aliphatic carbocycles. The molecule has 118 valence electrons. The Hall–Kier alpha value is -1.70. The first-order valence-corrected chi connectivity index (χ1v) is 8.04. The quantitative estimate of drug-likeness (QED) is 0.868. The van der Waals surface area contributed by atoms with Gasteiger partial charge in [0.1, 0.15) is 0 Å². The predicted molar refractivity (Wildman–Crippen MR) is 83.7 cm³/mol. The van der Waals surface area contributed by atoms with Crippen LogP contribution in [0.25, 0.3) is 10.6 Å². The van der Waals surface area contributed by atoms with Crippen LogP contribution < -0.4 is 0 Å². The lowest BCUT2D eigenvalue weighted by Crippen LogP contribution is -2.55. The Morgan fingerprint density at radius 1 is 1.55 bits per heavy atom. The average molecular weight is 321 g/mol. The number of nitrogens with zero attached hydrogens (tertiary/aromatic N) is 3. The van der Waals surface area contributed by atoms with Crippen LogP contribution in [0.5, 0.6) is 0 Å². The van der Waals surface area contributed by atoms with Crippen LogP contribution in [0.2, 0.25) is 0 Å². The molecule has 1 fully saturated rings. The van der Waals surface area contributed by atoms with Crippen LogP contribution in [0.4, 0.5) is 0 Å². The highest BCUT2D eigenvalue weighted by Gasteiger charge is 2.38. The van der Waals surface area contributed by atoms with Crippen molar-refractivity contribution in [2.75, 3.05) is 13.1 Å². The van der Waals surface area contributed by atoms with E-state index in [1.807, 2.05) is 24.6 Å². The third-order valence-electron chi connectivity index (χ3n) is 4.16. The van der Waals surface area contributed by atoms with Crippen molar-refractivity contribution in [2.24, 2.45) is 7.05 Å². The summed E-state index contributed by atoms with van der Waals surface area (Å²) in [5.74, 6) is -0.215. The van der Waals surface area contributed by atoms with Gasteiger partial charge in [-0.05, 0) is 30.9 Å². The molecule has 2 aromatic heterocycles. The number of likely N-dealkylation sites (tertiary alicyclic amines) is 1. The third kappa shape index (κ3) is 2.67. The Labute approximate surface area is 132 Å². The number of aromatic nitrogens is 2. The highest BCUT2D eigenvalue weighted by Crippen LogP contribution is 2.27. The number of carbonyl (C=O) groups is 1. The van der Waals surface area contributed by atoms with Crippen molar-refractivity contribution in [1.82, 2.24) is 14.7 Å². The molecule has 6 nitrogen and oxygen atoms in total. The van der Waals surface area contributed by atoms with Gasteiger partial charge in [0.05, 0.1) is 22.3 Å². The standard InChI is InChI=1S/C15H19N3O3S/c1-15(21)5-6-18(9-13(15)19)14(20)10-8-11(17(2)16-10)12-4-3-7-22-12/h3-4,7-8,13,19,21H,5-6,9H2,1-2H3/t13-,15+/m0/s1. The third-order valence-corrected chi connectivity index (χ3v) is 5.05. The van der Waals surface area contributed by atoms with E-state index >= 15 is 0 Å². The number of carbonyl (C=O) groups excluding carboxylic acids is 1. The molecule has 2 N–H and O–H groups in total. The van der Waals surface area contributed by atoms with Crippen LogP contribution >= 0.6 is 11.3 Å². The molecule has 0 aromatic carbocycles. The largest absolute Gasteiger partial charge is 0.388 e. The van der Waals surface area contributed by atoms with Crippen LogP contribution in [0.3, 0.4) is 0 Å². The zero-order valence-corrected chi connectivity index (χ0v) is 13.4. The van der Waals surface area contributed by atoms with Gasteiger partial charge in [0.2, 0.25) is 0 Å². The predicted octanol–water partition coefficient (Wildman–Crippen LogP) is 1.11. The SMILES string of the molecule is Cn1nc(C(=O)N2CC[C@@](C)(O)[C@@H](O)C2)cc1-c1cccs1. The van der Waals surface area contributed by atoms with Gasteiger partial charge in [-0.3, -0.25) is 9.48 Å². The molecule has 0 saturated carbocycles. The molecule has 1 amide bonds. The molecule has 0 radical (unpaired) electrons. The molecule has 7 heteroatoms. The van der Waals surface area contributed by atoms with Gasteiger partial charge in [-0.25, -0.2) is 0 Å². The summed E-state index contributed by atoms with van der Waals surface area (Å²) >= 11 is 1.59. The number of amides is 1. The fraction of sp³-hybridized carbons (Fsp3) is 0.467. The molecule has 0 bridgehead atoms. The number of hydrogen-bond acceptors (Lipinski definition) is 5. The Kier molecular flexibility index (Phi) is 3.80. The number of thiophene rings is 1. The van der Waals surface area contributed by atoms with Crippen molar-refractivity contribution in [3.63, 3.8) is 0 Å². The summed E-state index contributed by atoms with van der Waals surface area (Å²) in [6.45, 7) is 2.12. The minimum Gasteiger partial charge on any atom is -0.388 e. The monoisotopic (exact) mass is 321 g/mol. The Morgan fingerprint density at radius 3 is 2.95 bits per heavy atom. The van der Waals surface area contributed by atoms with Gasteiger partial charge in [-0.15, -0.1) is 11.3 Å². The molecule has 3 heterocycles. The molecule has 0 spiro atoms. The van der Waals surface area contributed by atoms with Gasteiger partial charge >= 0.3 is 0 Å². The van der Waals surface area contributed by atoms with Crippen LogP contribution in [-0.4, -0.2) is 55.6 Å². The van der Waals surface area contributed by atoms with E-state index < -0.39 is 11.7 Å². The summed E-state index contributed by atoms with van der Waals surface area (Å²) in [7, 11) is 1.81. The summed E-state index contributed by atoms with van der Waals surface area (Å²) in [6.07, 6.45) is -0.587. The number of aryl methyl sites for hydroxylation is 1. The molecule has 1 aliphatic rings. The van der Waals surface area contributed by atoms with Crippen molar-refractivity contribution in [1.29, 1.82) is 0 Å². The van der Waals surface area contributed by atoms with E-state index in [9.17, 15) is 15.0 Å². The fourth-order valence-corrected chi connectivity index (χ4v) is 3.37. The van der Waals surface area contributed by atoms with Gasteiger partial charge in [-0.2, -0.15) is 5.10 Å². The second kappa shape index (κ2) is 5.49. The Balaban J connectivity index is 1.80. The summed E-state index contributed by atoms with van der Waals surface area (Å²) in [4.78, 5) is 15.1. The lowest BCUT2D eigenvalue weighted by molar-refractivity contribution is -0.1000. The molecule has 2 atom stereocenters. The molecular weight excluding hydrogens is 302 g/mol. The van der Waals surface area contributed by atoms with E-state index in [0.29, 0.717) is 18.7 Å². The van der Waals surface area contributed by atoms with Gasteiger partial charge in [0.25, 0.3) is 5.91 Å². The van der Waals surface area contributed by atoms with Crippen molar-refractivity contribution in [3.05, 3.63) is 29.3 Å². The molecule has 1 saturated heterocycles. The van der Waals surface area contributed by atoms with Crippen molar-refractivity contribution < 1.29 is 15.0 Å². The van der Waals surface area contributed by atoms with Gasteiger partial charge in [-0.1, -0.05) is 6.07 Å². The number of aliphatic hydroxyl groups excluding tert-OH is 1. The first-order valence-electron chi connectivity index (χ1n) is 7.16. The number of β-amino-alcohol motifs (C(OH)–C–C–N with tert-alkyl or cyclic N) is 1. The van der Waals surface area contributed by atoms with E-state index in [0.717, 1.165) is 10.6 Å². The smallest absolute Gasteiger partial charge is 0.274 e. The van der Waals surface area contributed by atoms with E-state index in [1.165, 1.54) is 0 Å². The molecule has 3 rings (SSSR count). The molecular formula is C15H19N3O3S. The normalized spacial score (nSPS) is 25.5. The number of piperidine rings is 1. The molecule has 0 unspecified atom stereocenters. The molecule has 22 heavy (non-hydrogen) atoms. The second-order valence-corrected chi connectivity index (χ2v) is 6.84. The van der Waals surface area contributed by atoms with E-state index in [4.69, 9.17) is 0 Å². The summed E-state index contributed by atoms with van der Waals surface area (Å²) < 4.78 is 1.69. The highest BCUT2D eigenvalue weighted by molar-refractivity contribution is 7.13. The first kappa shape index (κ1) is 15.2. The first-order chi connectivity index (χ1) is 10.4. The lowest BCUT2D eigenvalue weighted by atomic mass is 9.90. The number of aliphatic hydroxyl groups is 2. The van der Waals surface area contributed by atoms with Gasteiger partial charge in [0, 0.05) is 20.1 Å². The van der Waals surface area contributed by atoms with E-state index in [2.05, 4.69) is 5.10 Å². The van der Waals surface area contributed by atoms with Crippen molar-refractivity contribution in [3.8, 4) is 10.6 Å². The van der Waals surface area contributed by atoms with Crippen LogP contribution in [0, 0.1) is 0 Å². The van der Waals surface area contributed by atoms with Crippen LogP contribution in [0.1, 0.15) is 23.8 Å². The molecule has 1 aliphatic heterocycles. The fourth-order valence-electron chi connectivity index (χ4n) is 2.60. The van der Waals surface area contributed by atoms with Gasteiger partial charge in [0.15, 0.2) is 5.69 Å². The highest BCUT2D eigenvalue weighted by atomic mass is 32.1. The number of hydrogen-bond donors (Lipinski definition) is 2. The topological polar surface area (TPSA) is 78.6 Å². The number of rotatable bonds is 2. The minimum atomic E-state index is -1.14. The average Bonchev–Trinajstić information content (AvgIpc) is 3.10. The summed E-state index contributed by atoms with van der Waals surface area (Å²) in [5, 5.41) is 26.2. The van der Waals surface area contributed by atoms with E-state index in [-0.39, 0.29) is 12.5 Å². The Morgan fingerprint density at radius 2 is 2.32 bits per heavy atom. The van der Waals surface area contributed by atoms with Crippen molar-refractivity contribution >= 4 is 17.2 Å². The van der Waals surface area contributed by atoms with Gasteiger partial charge < -0.3 is 15.1 Å². The van der Waals surface area contributed by atoms with E-state index in [1.54, 1.807) is 33.9 Å². The van der Waals surface area contributed by atoms with Crippen molar-refractivity contribution in [2.45, 2.75) is 25.0 Å². The zero-order chi connectivity index (χ0) is 15.9. The second-order valence-electron chi connectivity index (χ2n) is 5.89. The zero-order valence-electron chi connectivity index (χ0n) is 12.6. The summed E-state index contributed by atoms with van der Waals surface area (Å²) in [5.41, 5.74) is 0.116. The summed E-state index contributed by atoms with van der Waals surface area (Å²) in [6, 6.07) is 5.71. The molecule has 2 aromatic rings. The maximum absolute atomic E-state index is 12.6. The van der Waals surface area contributed by atoms with Crippen LogP contribution in [0.15, 0.2) is 23.6 Å². The maximum atomic E-state index is 12.6.